The van der Waals surface area contributed by atoms with E-state index < -0.39 is 37.3 Å². The van der Waals surface area contributed by atoms with E-state index >= 15 is 0 Å². The Bertz CT molecular complexity index is 1370. The fourth-order valence-electron chi connectivity index (χ4n) is 2.75. The van der Waals surface area contributed by atoms with Crippen molar-refractivity contribution in [2.24, 2.45) is 0 Å². The zero-order chi connectivity index (χ0) is 23.7. The van der Waals surface area contributed by atoms with E-state index in [1.807, 2.05) is 0 Å². The van der Waals surface area contributed by atoms with E-state index in [0.29, 0.717) is 0 Å². The second kappa shape index (κ2) is 8.64. The zero-order valence-corrected chi connectivity index (χ0v) is 19.0. The molecule has 0 aliphatic rings. The Morgan fingerprint density at radius 2 is 1.12 bits per heavy atom. The molecule has 32 heavy (non-hydrogen) atoms. The topological polar surface area (TPSA) is 124 Å². The number of aryl methyl sites for hydroxylation is 2. The molecule has 0 saturated carbocycles. The van der Waals surface area contributed by atoms with Gasteiger partial charge in [0.25, 0.3) is 0 Å². The molecule has 0 aromatic heterocycles. The molecule has 168 valence electrons. The minimum absolute atomic E-state index is 0.0807. The van der Waals surface area contributed by atoms with Crippen molar-refractivity contribution in [2.45, 2.75) is 30.6 Å². The molecule has 1 N–H and O–H groups in total. The van der Waals surface area contributed by atoms with Crippen LogP contribution in [0.4, 0.5) is 0 Å². The van der Waals surface area contributed by atoms with E-state index in [0.717, 1.165) is 17.2 Å². The Morgan fingerprint density at radius 1 is 0.719 bits per heavy atom. The standard InChI is InChI=1S/C22H20O8S2/c1-14-4-8-17(9-5-14)31(25,26)29-20-12-21(19(13-23)22(24)16(20)3)30-32(27,28)18-10-6-15(2)7-11-18/h4-13,24H,1-3H3. The lowest BCUT2D eigenvalue weighted by atomic mass is 10.1. The van der Waals surface area contributed by atoms with Gasteiger partial charge in [-0.2, -0.15) is 16.8 Å². The number of hydrogen-bond donors (Lipinski definition) is 1. The van der Waals surface area contributed by atoms with Crippen LogP contribution in [0, 0.1) is 20.8 Å². The van der Waals surface area contributed by atoms with Gasteiger partial charge in [0, 0.05) is 11.6 Å². The third kappa shape index (κ3) is 4.76. The molecule has 3 rings (SSSR count). The number of phenols is 1. The first-order valence-corrected chi connectivity index (χ1v) is 12.1. The average molecular weight is 477 g/mol. The third-order valence-corrected chi connectivity index (χ3v) is 7.14. The number of aromatic hydroxyl groups is 1. The summed E-state index contributed by atoms with van der Waals surface area (Å²) in [7, 11) is -8.70. The van der Waals surface area contributed by atoms with Gasteiger partial charge in [-0.05, 0) is 45.0 Å². The molecular weight excluding hydrogens is 456 g/mol. The molecule has 0 bridgehead atoms. The van der Waals surface area contributed by atoms with Gasteiger partial charge < -0.3 is 13.5 Å². The minimum Gasteiger partial charge on any atom is -0.507 e. The number of phenolic OH excluding ortho intramolecular Hbond substituents is 1. The first kappa shape index (κ1) is 23.3. The van der Waals surface area contributed by atoms with Crippen molar-refractivity contribution in [3.05, 3.63) is 76.9 Å². The summed E-state index contributed by atoms with van der Waals surface area (Å²) in [5, 5.41) is 10.4. The van der Waals surface area contributed by atoms with Gasteiger partial charge in [-0.15, -0.1) is 0 Å². The molecule has 0 heterocycles. The summed E-state index contributed by atoms with van der Waals surface area (Å²) in [5.41, 5.74) is 1.12. The average Bonchev–Trinajstić information content (AvgIpc) is 2.72. The number of rotatable bonds is 7. The van der Waals surface area contributed by atoms with Crippen molar-refractivity contribution in [3.8, 4) is 17.2 Å². The Labute approximate surface area is 186 Å². The summed E-state index contributed by atoms with van der Waals surface area (Å²) in [6.07, 6.45) is 0.209. The molecule has 0 aliphatic carbocycles. The number of carbonyl (C=O) groups is 1. The lowest BCUT2D eigenvalue weighted by Crippen LogP contribution is -2.13. The molecule has 0 aliphatic heterocycles. The minimum atomic E-state index is -4.38. The molecule has 0 saturated heterocycles. The van der Waals surface area contributed by atoms with Crippen molar-refractivity contribution in [2.75, 3.05) is 0 Å². The fourth-order valence-corrected chi connectivity index (χ4v) is 4.67. The molecule has 0 atom stereocenters. The lowest BCUT2D eigenvalue weighted by Gasteiger charge is -2.15. The van der Waals surface area contributed by atoms with Crippen LogP contribution in [-0.2, 0) is 20.2 Å². The van der Waals surface area contributed by atoms with E-state index in [1.165, 1.54) is 31.2 Å². The maximum absolute atomic E-state index is 12.6. The molecule has 0 spiro atoms. The highest BCUT2D eigenvalue weighted by molar-refractivity contribution is 7.87. The van der Waals surface area contributed by atoms with Crippen LogP contribution in [0.5, 0.6) is 17.2 Å². The smallest absolute Gasteiger partial charge is 0.339 e. The van der Waals surface area contributed by atoms with Crippen molar-refractivity contribution < 1.29 is 35.1 Å². The molecule has 3 aromatic rings. The van der Waals surface area contributed by atoms with Crippen LogP contribution in [-0.4, -0.2) is 28.2 Å². The molecule has 8 nitrogen and oxygen atoms in total. The number of aldehydes is 1. The van der Waals surface area contributed by atoms with Crippen LogP contribution in [0.15, 0.2) is 64.4 Å². The van der Waals surface area contributed by atoms with Crippen LogP contribution in [0.1, 0.15) is 27.0 Å². The summed E-state index contributed by atoms with van der Waals surface area (Å²) in [6, 6.07) is 12.6. The Hall–Kier alpha value is -3.37. The maximum Gasteiger partial charge on any atom is 0.339 e. The quantitative estimate of drug-likeness (QED) is 0.405. The first-order chi connectivity index (χ1) is 14.9. The summed E-state index contributed by atoms with van der Waals surface area (Å²) in [5.74, 6) is -1.62. The van der Waals surface area contributed by atoms with Gasteiger partial charge in [0.15, 0.2) is 17.8 Å². The summed E-state index contributed by atoms with van der Waals surface area (Å²) in [4.78, 5) is 11.2. The Kier molecular flexibility index (Phi) is 6.29. The van der Waals surface area contributed by atoms with Gasteiger partial charge in [0.2, 0.25) is 0 Å². The number of carbonyl (C=O) groups excluding carboxylic acids is 1. The van der Waals surface area contributed by atoms with Crippen LogP contribution in [0.2, 0.25) is 0 Å². The van der Waals surface area contributed by atoms with Crippen LogP contribution < -0.4 is 8.37 Å². The van der Waals surface area contributed by atoms with Gasteiger partial charge in [0.05, 0.1) is 0 Å². The highest BCUT2D eigenvalue weighted by Gasteiger charge is 2.26. The van der Waals surface area contributed by atoms with Crippen LogP contribution in [0.3, 0.4) is 0 Å². The highest BCUT2D eigenvalue weighted by atomic mass is 32.2. The van der Waals surface area contributed by atoms with E-state index in [-0.39, 0.29) is 27.4 Å². The molecule has 0 radical (unpaired) electrons. The predicted octanol–water partition coefficient (Wildman–Crippen LogP) is 3.67. The SMILES string of the molecule is Cc1ccc(S(=O)(=O)Oc2cc(OS(=O)(=O)c3ccc(C)cc3)c(C=O)c(O)c2C)cc1. The summed E-state index contributed by atoms with van der Waals surface area (Å²) >= 11 is 0. The monoisotopic (exact) mass is 476 g/mol. The van der Waals surface area contributed by atoms with Crippen molar-refractivity contribution in [1.82, 2.24) is 0 Å². The van der Waals surface area contributed by atoms with Crippen molar-refractivity contribution >= 4 is 26.5 Å². The second-order valence-corrected chi connectivity index (χ2v) is 10.2. The van der Waals surface area contributed by atoms with Crippen molar-refractivity contribution in [3.63, 3.8) is 0 Å². The summed E-state index contributed by atoms with van der Waals surface area (Å²) < 4.78 is 60.8. The molecule has 0 fully saturated rings. The van der Waals surface area contributed by atoms with E-state index in [9.17, 15) is 26.7 Å². The van der Waals surface area contributed by atoms with Gasteiger partial charge in [-0.25, -0.2) is 0 Å². The van der Waals surface area contributed by atoms with Crippen LogP contribution >= 0.6 is 0 Å². The lowest BCUT2D eigenvalue weighted by molar-refractivity contribution is 0.111. The van der Waals surface area contributed by atoms with Gasteiger partial charge in [-0.3, -0.25) is 4.79 Å². The van der Waals surface area contributed by atoms with Crippen molar-refractivity contribution in [1.29, 1.82) is 0 Å². The normalized spacial score (nSPS) is 11.7. The predicted molar refractivity (Wildman–Crippen MR) is 116 cm³/mol. The Morgan fingerprint density at radius 3 is 1.53 bits per heavy atom. The largest absolute Gasteiger partial charge is 0.507 e. The molecule has 10 heteroatoms. The van der Waals surface area contributed by atoms with Crippen LogP contribution in [0.25, 0.3) is 0 Å². The zero-order valence-electron chi connectivity index (χ0n) is 17.4. The van der Waals surface area contributed by atoms with E-state index in [4.69, 9.17) is 8.37 Å². The first-order valence-electron chi connectivity index (χ1n) is 9.28. The van der Waals surface area contributed by atoms with E-state index in [1.54, 1.807) is 38.1 Å². The number of benzene rings is 3. The summed E-state index contributed by atoms with van der Waals surface area (Å²) in [6.45, 7) is 4.88. The number of hydrogen-bond acceptors (Lipinski definition) is 8. The maximum atomic E-state index is 12.6. The molecule has 0 amide bonds. The van der Waals surface area contributed by atoms with Gasteiger partial charge in [-0.1, -0.05) is 35.4 Å². The molecule has 0 unspecified atom stereocenters. The third-order valence-electron chi connectivity index (χ3n) is 4.64. The highest BCUT2D eigenvalue weighted by Crippen LogP contribution is 2.39. The fraction of sp³-hybridized carbons (Fsp3) is 0.136. The second-order valence-electron chi connectivity index (χ2n) is 7.08. The molecular formula is C22H20O8S2. The van der Waals surface area contributed by atoms with E-state index in [2.05, 4.69) is 0 Å². The van der Waals surface area contributed by atoms with Gasteiger partial charge in [0.1, 0.15) is 21.1 Å². The molecule has 3 aromatic carbocycles. The van der Waals surface area contributed by atoms with Gasteiger partial charge >= 0.3 is 20.2 Å². The Balaban J connectivity index is 2.05.